The molecule has 1 aliphatic rings. The number of hydrogen-bond acceptors (Lipinski definition) is 8. The van der Waals surface area contributed by atoms with Gasteiger partial charge in [0, 0.05) is 62.0 Å². The zero-order valence-electron chi connectivity index (χ0n) is 22.0. The van der Waals surface area contributed by atoms with Crippen molar-refractivity contribution in [1.29, 1.82) is 0 Å². The van der Waals surface area contributed by atoms with Crippen LogP contribution in [0.3, 0.4) is 0 Å². The van der Waals surface area contributed by atoms with Gasteiger partial charge in [0.25, 0.3) is 0 Å². The first kappa shape index (κ1) is 65.4. The summed E-state index contributed by atoms with van der Waals surface area (Å²) in [5.41, 5.74) is 1.06. The quantitative estimate of drug-likeness (QED) is 0.0971. The number of nitrogens with one attached hydrogen (secondary N) is 1. The first-order chi connectivity index (χ1) is 18.1. The van der Waals surface area contributed by atoms with Crippen LogP contribution in [0, 0.1) is 6.08 Å². The van der Waals surface area contributed by atoms with Gasteiger partial charge in [-0.3, -0.25) is 9.11 Å². The molecule has 1 atom stereocenters. The molecule has 0 spiro atoms. The van der Waals surface area contributed by atoms with Crippen LogP contribution in [0.5, 0.6) is 0 Å². The van der Waals surface area contributed by atoms with Crippen LogP contribution in [0.1, 0.15) is 33.1 Å². The molecule has 238 valence electrons. The second kappa shape index (κ2) is 57.4. The van der Waals surface area contributed by atoms with Gasteiger partial charge in [0.2, 0.25) is 0 Å². The van der Waals surface area contributed by atoms with Crippen molar-refractivity contribution in [2.24, 2.45) is 4.99 Å². The van der Waals surface area contributed by atoms with Gasteiger partial charge in [-0.25, -0.2) is 18.9 Å². The maximum atomic E-state index is 9.76. The minimum Gasteiger partial charge on any atom is -0.593 e. The van der Waals surface area contributed by atoms with Gasteiger partial charge in [-0.05, 0) is 74.0 Å². The van der Waals surface area contributed by atoms with Crippen molar-refractivity contribution in [2.75, 3.05) is 0 Å². The molecule has 1 aliphatic heterocycles. The first-order valence-corrected chi connectivity index (χ1v) is 28.7. The Labute approximate surface area is 306 Å². The molecule has 8 nitrogen and oxygen atoms in total. The molecule has 42 heavy (non-hydrogen) atoms. The van der Waals surface area contributed by atoms with Crippen molar-refractivity contribution in [1.82, 2.24) is 5.32 Å². The number of allylic oxidation sites excluding steroid dienone is 2. The van der Waals surface area contributed by atoms with E-state index in [1.807, 2.05) is 9.50 Å². The molecular weight excluding hydrogens is 1690 g/mol. The maximum absolute atomic E-state index is 9.76. The predicted octanol–water partition coefficient (Wildman–Crippen LogP) is 5.33. The number of hydrogen-bond donors (Lipinski definition) is 3. The summed E-state index contributed by atoms with van der Waals surface area (Å²) < 4.78 is 31.6. The predicted molar refractivity (Wildman–Crippen MR) is 196 cm³/mol. The van der Waals surface area contributed by atoms with Gasteiger partial charge in [-0.15, -0.1) is 38.8 Å². The molecule has 0 saturated heterocycles. The van der Waals surface area contributed by atoms with Crippen LogP contribution in [-0.2, 0) is 158 Å². The minimum absolute atomic E-state index is 0. The number of aliphatic imine (C=N–C) groups is 1. The molecule has 3 N–H and O–H groups in total. The van der Waals surface area contributed by atoms with Gasteiger partial charge in [-0.1, -0.05) is 43.9 Å². The van der Waals surface area contributed by atoms with E-state index >= 15 is 0 Å². The van der Waals surface area contributed by atoms with E-state index < -0.39 is 16.4 Å². The topological polar surface area (TPSA) is 133 Å². The van der Waals surface area contributed by atoms with Gasteiger partial charge >= 0.3 is 10.4 Å². The van der Waals surface area contributed by atoms with Crippen LogP contribution >= 0.6 is 28.1 Å². The smallest absolute Gasteiger partial charge is 0.394 e. The molecule has 0 aliphatic carbocycles. The summed E-state index contributed by atoms with van der Waals surface area (Å²) in [4.78, 5) is 23.2. The summed E-state index contributed by atoms with van der Waals surface area (Å²) in [7, 11) is 10.6. The Kier molecular flexibility index (Phi) is 89.4. The second-order valence-corrected chi connectivity index (χ2v) is 31.0. The van der Waals surface area contributed by atoms with Gasteiger partial charge in [-0.2, -0.15) is 14.8 Å². The third-order valence-electron chi connectivity index (χ3n) is 2.13. The SMILES string of the molecule is C=C.C=C.CCC([C-]=O)N[C-]=O.CCC1=[C-]C[C-]=N1.O=S(=O)(O)O.S=PP(P=S)P=S=S=S=S=S=S=S=S.[Re].[Re].[Rf].[Rf]. The molecule has 0 fully saturated rings. The second-order valence-electron chi connectivity index (χ2n) is 4.19. The van der Waals surface area contributed by atoms with E-state index in [4.69, 9.17) is 52.3 Å². The molecule has 0 aromatic heterocycles. The van der Waals surface area contributed by atoms with Crippen molar-refractivity contribution in [3.05, 3.63) is 38.1 Å². The summed E-state index contributed by atoms with van der Waals surface area (Å²) in [6, 6.07) is -0.479. The van der Waals surface area contributed by atoms with Crippen molar-refractivity contribution in [2.45, 2.75) is 39.2 Å². The monoisotopic (exact) mass is 1710 g/mol. The van der Waals surface area contributed by atoms with E-state index in [1.54, 1.807) is 57.6 Å². The van der Waals surface area contributed by atoms with Gasteiger partial charge in [0.1, 0.15) is 0 Å². The molecule has 0 aromatic rings. The third kappa shape index (κ3) is 72.8. The van der Waals surface area contributed by atoms with E-state index in [1.165, 1.54) is 22.3 Å². The fourth-order valence-electron chi connectivity index (χ4n) is 0.952. The number of nitrogens with zero attached hydrogens (tertiary/aromatic N) is 1. The molecule has 1 heterocycles. The molecule has 27 heteroatoms. The molecule has 1 rings (SSSR count). The van der Waals surface area contributed by atoms with Crippen LogP contribution in [0.2, 0.25) is 0 Å². The average Bonchev–Trinajstić information content (AvgIpc) is 3.45. The van der Waals surface area contributed by atoms with Crippen LogP contribution in [0.15, 0.2) is 37.0 Å². The average molecular weight is 1710 g/mol. The molecule has 0 aromatic carbocycles. The van der Waals surface area contributed by atoms with E-state index in [0.717, 1.165) is 32.6 Å². The summed E-state index contributed by atoms with van der Waals surface area (Å²) in [6.07, 6.45) is 11.2. The first-order valence-electron chi connectivity index (χ1n) is 8.83. The molecule has 1 unspecified atom stereocenters. The molecule has 0 saturated carbocycles. The molecule has 2 radical (unpaired) electrons. The van der Waals surface area contributed by atoms with Crippen molar-refractivity contribution < 1.29 is 68.0 Å². The Morgan fingerprint density at radius 3 is 1.76 bits per heavy atom. The van der Waals surface area contributed by atoms with Crippen LogP contribution in [-0.4, -0.2) is 42.5 Å². The molecule has 0 bridgehead atoms. The molecular formula is C15H24N2O6P4Re2Rf2S11-4. The number of carbonyl (C=O) groups excluding carboxylic acids is 2. The zero-order valence-corrected chi connectivity index (χ0v) is 52.7. The zero-order chi connectivity index (χ0) is 30.7. The summed E-state index contributed by atoms with van der Waals surface area (Å²) in [5, 5.41) is 2.15. The summed E-state index contributed by atoms with van der Waals surface area (Å²) >= 11 is 14.7. The van der Waals surface area contributed by atoms with E-state index in [9.17, 15) is 9.59 Å². The van der Waals surface area contributed by atoms with Crippen LogP contribution in [0.4, 0.5) is 0 Å². The van der Waals surface area contributed by atoms with Crippen molar-refractivity contribution in [3.63, 3.8) is 0 Å². The van der Waals surface area contributed by atoms with Gasteiger partial charge in [0.05, 0.1) is 6.99 Å². The van der Waals surface area contributed by atoms with Crippen LogP contribution < -0.4 is 5.32 Å². The Hall–Kier alpha value is 0.755. The Morgan fingerprint density at radius 2 is 1.50 bits per heavy atom. The van der Waals surface area contributed by atoms with Gasteiger partial charge in [0.15, 0.2) is 0 Å². The molecule has 1 amide bonds. The summed E-state index contributed by atoms with van der Waals surface area (Å²) in [5.74, 6) is 0. The maximum Gasteiger partial charge on any atom is 0.394 e. The fraction of sp³-hybridized carbons (Fsp3) is 0.400. The third-order valence-corrected chi connectivity index (χ3v) is 35.9. The van der Waals surface area contributed by atoms with E-state index in [0.29, 0.717) is 6.42 Å². The number of rotatable bonds is 8. The normalized spacial score (nSPS) is 10.7. The van der Waals surface area contributed by atoms with E-state index in [2.05, 4.69) is 55.8 Å². The Balaban J connectivity index is -0.0000000485. The Morgan fingerprint density at radius 1 is 1.05 bits per heavy atom. The standard InChI is InChI=1S/C6H7N.C5H7NO2.2C2H4.H2O4S.P4S10.2Re.2Rf/c1-2-6-4-3-5-7-6;1-2-5(3-7)6-4-8;2*1-2;1-5(2,3)4;5-1-4(2-6)3-8-10-12-14-13-11-9-7;;;;/h2-3H2,1H3;5H,2H2,1H3,(H,6,8);2*1-2H2;(H2,1,2,3,4);;;;;/q2*-2;;;;;;;;. The minimum atomic E-state index is -4.67. The van der Waals surface area contributed by atoms with E-state index in [-0.39, 0.29) is 47.8 Å². The Bertz CT molecular complexity index is 1150. The van der Waals surface area contributed by atoms with Crippen molar-refractivity contribution in [3.8, 4) is 0 Å². The summed E-state index contributed by atoms with van der Waals surface area (Å²) in [6.45, 7) is 15.7. The fourth-order valence-corrected chi connectivity index (χ4v) is 36.3. The van der Waals surface area contributed by atoms with Crippen molar-refractivity contribution >= 4 is 155 Å². The van der Waals surface area contributed by atoms with Gasteiger partial charge < -0.3 is 31.7 Å². The number of amides is 1. The van der Waals surface area contributed by atoms with Crippen LogP contribution in [0.25, 0.3) is 0 Å². The largest absolute Gasteiger partial charge is 0.593 e.